The van der Waals surface area contributed by atoms with Gasteiger partial charge in [0.05, 0.1) is 11.6 Å². The number of alkyl halides is 3. The van der Waals surface area contributed by atoms with Crippen molar-refractivity contribution in [1.29, 1.82) is 5.26 Å². The highest BCUT2D eigenvalue weighted by Gasteiger charge is 2.42. The topological polar surface area (TPSA) is 64.3 Å². The summed E-state index contributed by atoms with van der Waals surface area (Å²) in [5.41, 5.74) is 1.93. The Labute approximate surface area is 191 Å². The summed E-state index contributed by atoms with van der Waals surface area (Å²) in [6.07, 6.45) is -2.68. The number of halogens is 3. The summed E-state index contributed by atoms with van der Waals surface area (Å²) in [5, 5.41) is 18.5. The minimum absolute atomic E-state index is 0.0834. The molecule has 0 saturated heterocycles. The third-order valence-electron chi connectivity index (χ3n) is 6.95. The van der Waals surface area contributed by atoms with Crippen molar-refractivity contribution < 1.29 is 23.1 Å². The van der Waals surface area contributed by atoms with Gasteiger partial charge < -0.3 is 10.0 Å². The molecule has 0 spiro atoms. The molecule has 174 valence electrons. The second-order valence-corrected chi connectivity index (χ2v) is 9.30. The van der Waals surface area contributed by atoms with E-state index >= 15 is 0 Å². The lowest BCUT2D eigenvalue weighted by Crippen LogP contribution is -2.47. The van der Waals surface area contributed by atoms with Gasteiger partial charge in [-0.1, -0.05) is 31.2 Å². The molecule has 2 aliphatic rings. The van der Waals surface area contributed by atoms with Gasteiger partial charge in [-0.25, -0.2) is 0 Å². The first-order valence-electron chi connectivity index (χ1n) is 11.4. The molecule has 4 nitrogen and oxygen atoms in total. The zero-order valence-electron chi connectivity index (χ0n) is 18.4. The minimum Gasteiger partial charge on any atom is -0.379 e. The third-order valence-corrected chi connectivity index (χ3v) is 6.95. The van der Waals surface area contributed by atoms with Gasteiger partial charge in [-0.2, -0.15) is 18.4 Å². The highest BCUT2D eigenvalue weighted by Crippen LogP contribution is 2.42. The van der Waals surface area contributed by atoms with Crippen molar-refractivity contribution in [2.75, 3.05) is 0 Å². The van der Waals surface area contributed by atoms with Gasteiger partial charge in [-0.3, -0.25) is 4.79 Å². The fourth-order valence-corrected chi connectivity index (χ4v) is 5.01. The molecule has 2 fully saturated rings. The van der Waals surface area contributed by atoms with Crippen LogP contribution in [-0.2, 0) is 0 Å². The Bertz CT molecular complexity index is 1020. The predicted octanol–water partition coefficient (Wildman–Crippen LogP) is 5.73. The maximum atomic E-state index is 13.4. The zero-order valence-corrected chi connectivity index (χ0v) is 18.4. The van der Waals surface area contributed by atoms with Gasteiger partial charge in [0, 0.05) is 17.6 Å². The normalized spacial score (nSPS) is 24.1. The summed E-state index contributed by atoms with van der Waals surface area (Å²) in [7, 11) is 0. The number of aliphatic hydroxyl groups is 1. The maximum absolute atomic E-state index is 13.4. The zero-order chi connectivity index (χ0) is 23.8. The Morgan fingerprint density at radius 1 is 1.06 bits per heavy atom. The largest absolute Gasteiger partial charge is 0.418 e. The molecular weight excluding hydrogens is 429 g/mol. The van der Waals surface area contributed by atoms with Crippen LogP contribution in [0.25, 0.3) is 0 Å². The standard InChI is InChI=1S/C26H27F3N2O2/c1-16-14-21(18-4-2-17(15-30)3-5-18)10-13-23(16)31(22-11-12-22)25(33)20-8-6-19(7-9-20)24(32)26(27,28)29/h2-9,16,21-24,32H,10-14H2,1H3/t16-,21+,23-,24?/m1/s1. The number of aliphatic hydroxyl groups excluding tert-OH is 1. The van der Waals surface area contributed by atoms with Gasteiger partial charge in [0.2, 0.25) is 0 Å². The van der Waals surface area contributed by atoms with Crippen molar-refractivity contribution in [1.82, 2.24) is 4.90 Å². The van der Waals surface area contributed by atoms with E-state index in [1.165, 1.54) is 29.8 Å². The molecule has 33 heavy (non-hydrogen) atoms. The van der Waals surface area contributed by atoms with E-state index in [1.54, 1.807) is 0 Å². The van der Waals surface area contributed by atoms with Crippen molar-refractivity contribution >= 4 is 5.91 Å². The van der Waals surface area contributed by atoms with E-state index in [9.17, 15) is 23.1 Å². The van der Waals surface area contributed by atoms with Crippen LogP contribution >= 0.6 is 0 Å². The summed E-state index contributed by atoms with van der Waals surface area (Å²) < 4.78 is 38.3. The highest BCUT2D eigenvalue weighted by molar-refractivity contribution is 5.95. The number of carbonyl (C=O) groups excluding carboxylic acids is 1. The van der Waals surface area contributed by atoms with Crippen LogP contribution in [0.2, 0.25) is 0 Å². The number of nitriles is 1. The van der Waals surface area contributed by atoms with Crippen LogP contribution in [0.3, 0.4) is 0 Å². The van der Waals surface area contributed by atoms with E-state index in [-0.39, 0.29) is 29.5 Å². The van der Waals surface area contributed by atoms with Crippen LogP contribution in [0, 0.1) is 17.2 Å². The fraction of sp³-hybridized carbons (Fsp3) is 0.462. The number of hydrogen-bond acceptors (Lipinski definition) is 3. The van der Waals surface area contributed by atoms with Crippen LogP contribution in [0.5, 0.6) is 0 Å². The Morgan fingerprint density at radius 3 is 2.21 bits per heavy atom. The van der Waals surface area contributed by atoms with Crippen LogP contribution in [0.15, 0.2) is 48.5 Å². The second kappa shape index (κ2) is 9.18. The first-order valence-corrected chi connectivity index (χ1v) is 11.4. The van der Waals surface area contributed by atoms with E-state index < -0.39 is 12.3 Å². The number of hydrogen-bond donors (Lipinski definition) is 1. The molecule has 2 aromatic rings. The molecule has 1 N–H and O–H groups in total. The number of carbonyl (C=O) groups is 1. The molecule has 0 aliphatic heterocycles. The van der Waals surface area contributed by atoms with Gasteiger partial charge in [-0.15, -0.1) is 0 Å². The van der Waals surface area contributed by atoms with Crippen molar-refractivity contribution in [3.05, 3.63) is 70.8 Å². The van der Waals surface area contributed by atoms with Crippen LogP contribution in [0.1, 0.15) is 78.1 Å². The van der Waals surface area contributed by atoms with Gasteiger partial charge in [0.1, 0.15) is 0 Å². The van der Waals surface area contributed by atoms with E-state index in [1.807, 2.05) is 29.2 Å². The van der Waals surface area contributed by atoms with Crippen molar-refractivity contribution in [3.8, 4) is 6.07 Å². The van der Waals surface area contributed by atoms with Crippen LogP contribution in [0.4, 0.5) is 13.2 Å². The number of amides is 1. The lowest BCUT2D eigenvalue weighted by molar-refractivity contribution is -0.206. The first-order chi connectivity index (χ1) is 15.7. The molecule has 4 rings (SSSR count). The monoisotopic (exact) mass is 456 g/mol. The Kier molecular flexibility index (Phi) is 6.49. The molecule has 1 amide bonds. The number of benzene rings is 2. The molecule has 0 bridgehead atoms. The summed E-state index contributed by atoms with van der Waals surface area (Å²) in [4.78, 5) is 15.3. The third kappa shape index (κ3) is 5.06. The SMILES string of the molecule is C[C@@H]1C[C@@H](c2ccc(C#N)cc2)CC[C@H]1N(C(=O)c1ccc(C(O)C(F)(F)F)cc1)C1CC1. The van der Waals surface area contributed by atoms with E-state index in [2.05, 4.69) is 13.0 Å². The average molecular weight is 457 g/mol. The Hall–Kier alpha value is -2.85. The quantitative estimate of drug-likeness (QED) is 0.625. The van der Waals surface area contributed by atoms with Gasteiger partial charge in [0.15, 0.2) is 6.10 Å². The summed E-state index contributed by atoms with van der Waals surface area (Å²) >= 11 is 0. The predicted molar refractivity (Wildman–Crippen MR) is 117 cm³/mol. The van der Waals surface area contributed by atoms with Gasteiger partial charge in [0.25, 0.3) is 5.91 Å². The maximum Gasteiger partial charge on any atom is 0.418 e. The number of nitrogens with zero attached hydrogens (tertiary/aromatic N) is 2. The van der Waals surface area contributed by atoms with E-state index in [0.717, 1.165) is 32.1 Å². The number of rotatable bonds is 5. The fourth-order valence-electron chi connectivity index (χ4n) is 5.01. The first kappa shape index (κ1) is 23.3. The van der Waals surface area contributed by atoms with E-state index in [4.69, 9.17) is 5.26 Å². The van der Waals surface area contributed by atoms with Crippen LogP contribution < -0.4 is 0 Å². The molecule has 0 aromatic heterocycles. The smallest absolute Gasteiger partial charge is 0.379 e. The van der Waals surface area contributed by atoms with Crippen LogP contribution in [-0.4, -0.2) is 34.2 Å². The lowest BCUT2D eigenvalue weighted by atomic mass is 9.75. The van der Waals surface area contributed by atoms with Crippen molar-refractivity contribution in [3.63, 3.8) is 0 Å². The molecule has 4 atom stereocenters. The molecule has 0 radical (unpaired) electrons. The van der Waals surface area contributed by atoms with Crippen molar-refractivity contribution in [2.24, 2.45) is 5.92 Å². The van der Waals surface area contributed by atoms with Crippen molar-refractivity contribution in [2.45, 2.75) is 69.3 Å². The molecule has 2 aromatic carbocycles. The molecular formula is C26H27F3N2O2. The second-order valence-electron chi connectivity index (χ2n) is 9.30. The molecule has 7 heteroatoms. The Morgan fingerprint density at radius 2 is 1.70 bits per heavy atom. The highest BCUT2D eigenvalue weighted by atomic mass is 19.4. The minimum atomic E-state index is -4.74. The van der Waals surface area contributed by atoms with E-state index in [0.29, 0.717) is 17.0 Å². The molecule has 1 unspecified atom stereocenters. The molecule has 2 aliphatic carbocycles. The Balaban J connectivity index is 1.47. The molecule has 0 heterocycles. The average Bonchev–Trinajstić information content (AvgIpc) is 3.64. The summed E-state index contributed by atoms with van der Waals surface area (Å²) in [6.45, 7) is 2.16. The summed E-state index contributed by atoms with van der Waals surface area (Å²) in [6, 6.07) is 15.2. The van der Waals surface area contributed by atoms with Gasteiger partial charge in [-0.05, 0) is 79.3 Å². The molecule has 2 saturated carbocycles. The lowest BCUT2D eigenvalue weighted by Gasteiger charge is -2.42. The van der Waals surface area contributed by atoms with Gasteiger partial charge >= 0.3 is 6.18 Å². The summed E-state index contributed by atoms with van der Waals surface area (Å²) in [5.74, 6) is 0.498.